The molecule has 0 radical (unpaired) electrons. The van der Waals surface area contributed by atoms with Crippen LogP contribution in [0.4, 0.5) is 0 Å². The molecule has 3 nitrogen and oxygen atoms in total. The molecule has 37 heavy (non-hydrogen) atoms. The van der Waals surface area contributed by atoms with Crippen LogP contribution >= 0.6 is 0 Å². The number of hydrogen-bond donors (Lipinski definition) is 0. The molecule has 0 saturated heterocycles. The Morgan fingerprint density at radius 1 is 0.514 bits per heavy atom. The Morgan fingerprint density at radius 3 is 1.89 bits per heavy atom. The van der Waals surface area contributed by atoms with E-state index >= 15 is 0 Å². The predicted molar refractivity (Wildman–Crippen MR) is 154 cm³/mol. The standard InChI is InChI=1S/C34H25N3/c1-24-16-21-33-30(22-24)29-14-8-9-15-32(29)36(33)27-17-19-28(20-18-27)37-34(26-12-6-3-7-13-26)23-31(35-37)25-10-4-2-5-11-25/h2-23H,1H3. The van der Waals surface area contributed by atoms with Gasteiger partial charge in [0.15, 0.2) is 0 Å². The van der Waals surface area contributed by atoms with Crippen molar-refractivity contribution in [2.75, 3.05) is 0 Å². The lowest BCUT2D eigenvalue weighted by molar-refractivity contribution is 0.891. The minimum atomic E-state index is 0.960. The molecule has 0 aliphatic carbocycles. The molecule has 0 bridgehead atoms. The monoisotopic (exact) mass is 475 g/mol. The van der Waals surface area contributed by atoms with Crippen molar-refractivity contribution in [3.05, 3.63) is 139 Å². The highest BCUT2D eigenvalue weighted by atomic mass is 15.3. The molecule has 2 heterocycles. The van der Waals surface area contributed by atoms with Crippen molar-refractivity contribution in [2.45, 2.75) is 6.92 Å². The quantitative estimate of drug-likeness (QED) is 0.250. The van der Waals surface area contributed by atoms with Crippen LogP contribution in [0.3, 0.4) is 0 Å². The second kappa shape index (κ2) is 8.65. The third kappa shape index (κ3) is 3.64. The number of aryl methyl sites for hydroxylation is 1. The first-order valence-corrected chi connectivity index (χ1v) is 12.6. The Hall–Kier alpha value is -4.89. The molecule has 0 N–H and O–H groups in total. The summed E-state index contributed by atoms with van der Waals surface area (Å²) in [6.45, 7) is 2.15. The molecule has 0 aliphatic rings. The Balaban J connectivity index is 1.38. The summed E-state index contributed by atoms with van der Waals surface area (Å²) in [5, 5.41) is 7.60. The molecule has 7 rings (SSSR count). The van der Waals surface area contributed by atoms with Crippen LogP contribution in [0.1, 0.15) is 5.56 Å². The fraction of sp³-hybridized carbons (Fsp3) is 0.0294. The van der Waals surface area contributed by atoms with E-state index in [9.17, 15) is 0 Å². The van der Waals surface area contributed by atoms with Crippen LogP contribution in [0.2, 0.25) is 0 Å². The van der Waals surface area contributed by atoms with Gasteiger partial charge in [0, 0.05) is 27.6 Å². The van der Waals surface area contributed by atoms with Crippen LogP contribution in [-0.2, 0) is 0 Å². The fourth-order valence-corrected chi connectivity index (χ4v) is 5.25. The SMILES string of the molecule is Cc1ccc2c(c1)c1ccccc1n2-c1ccc(-n2nc(-c3ccccc3)cc2-c2ccccc2)cc1. The van der Waals surface area contributed by atoms with E-state index in [0.29, 0.717) is 0 Å². The van der Waals surface area contributed by atoms with Crippen molar-refractivity contribution in [3.8, 4) is 33.9 Å². The predicted octanol–water partition coefficient (Wildman–Crippen LogP) is 8.61. The van der Waals surface area contributed by atoms with E-state index in [-0.39, 0.29) is 0 Å². The van der Waals surface area contributed by atoms with Gasteiger partial charge < -0.3 is 4.57 Å². The third-order valence-corrected chi connectivity index (χ3v) is 7.03. The highest BCUT2D eigenvalue weighted by molar-refractivity contribution is 6.09. The van der Waals surface area contributed by atoms with Gasteiger partial charge in [-0.15, -0.1) is 0 Å². The summed E-state index contributed by atoms with van der Waals surface area (Å²) in [7, 11) is 0. The molecule has 0 spiro atoms. The highest BCUT2D eigenvalue weighted by Gasteiger charge is 2.15. The van der Waals surface area contributed by atoms with E-state index in [0.717, 1.165) is 33.9 Å². The van der Waals surface area contributed by atoms with Crippen molar-refractivity contribution >= 4 is 21.8 Å². The second-order valence-corrected chi connectivity index (χ2v) is 9.45. The highest BCUT2D eigenvalue weighted by Crippen LogP contribution is 2.33. The summed E-state index contributed by atoms with van der Waals surface area (Å²) < 4.78 is 4.40. The van der Waals surface area contributed by atoms with Crippen molar-refractivity contribution in [1.82, 2.24) is 14.3 Å². The van der Waals surface area contributed by atoms with E-state index in [1.165, 1.54) is 27.4 Å². The zero-order chi connectivity index (χ0) is 24.8. The van der Waals surface area contributed by atoms with Gasteiger partial charge in [-0.25, -0.2) is 4.68 Å². The molecular formula is C34H25N3. The Labute approximate surface area is 215 Å². The van der Waals surface area contributed by atoms with Gasteiger partial charge in [0.1, 0.15) is 0 Å². The second-order valence-electron chi connectivity index (χ2n) is 9.45. The molecule has 0 aliphatic heterocycles. The van der Waals surface area contributed by atoms with E-state index in [1.807, 2.05) is 12.1 Å². The van der Waals surface area contributed by atoms with Crippen LogP contribution in [0.15, 0.2) is 133 Å². The molecule has 0 fully saturated rings. The zero-order valence-corrected chi connectivity index (χ0v) is 20.5. The molecule has 0 unspecified atom stereocenters. The summed E-state index contributed by atoms with van der Waals surface area (Å²) in [4.78, 5) is 0. The number of hydrogen-bond acceptors (Lipinski definition) is 1. The lowest BCUT2D eigenvalue weighted by atomic mass is 10.1. The molecule has 3 heteroatoms. The van der Waals surface area contributed by atoms with Gasteiger partial charge in [-0.3, -0.25) is 0 Å². The first kappa shape index (κ1) is 21.4. The average molecular weight is 476 g/mol. The molecule has 0 saturated carbocycles. The summed E-state index contributed by atoms with van der Waals surface area (Å²) in [6, 6.07) is 47.0. The van der Waals surface area contributed by atoms with E-state index < -0.39 is 0 Å². The molecular weight excluding hydrogens is 450 g/mol. The van der Waals surface area contributed by atoms with Crippen LogP contribution < -0.4 is 0 Å². The van der Waals surface area contributed by atoms with Gasteiger partial charge in [0.05, 0.1) is 28.1 Å². The van der Waals surface area contributed by atoms with Gasteiger partial charge in [0.25, 0.3) is 0 Å². The molecule has 176 valence electrons. The fourth-order valence-electron chi connectivity index (χ4n) is 5.25. The number of rotatable bonds is 4. The summed E-state index contributed by atoms with van der Waals surface area (Å²) in [6.07, 6.45) is 0. The maximum atomic E-state index is 5.04. The van der Waals surface area contributed by atoms with Crippen LogP contribution in [0.25, 0.3) is 55.7 Å². The number of benzene rings is 5. The van der Waals surface area contributed by atoms with Crippen molar-refractivity contribution < 1.29 is 0 Å². The van der Waals surface area contributed by atoms with Gasteiger partial charge in [-0.1, -0.05) is 90.5 Å². The molecule has 5 aromatic carbocycles. The number of fused-ring (bicyclic) bond motifs is 3. The maximum Gasteiger partial charge on any atom is 0.0934 e. The first-order valence-electron chi connectivity index (χ1n) is 12.6. The smallest absolute Gasteiger partial charge is 0.0934 e. The number of aromatic nitrogens is 3. The molecule has 2 aromatic heterocycles. The molecule has 0 amide bonds. The lowest BCUT2D eigenvalue weighted by Crippen LogP contribution is -2.00. The number of para-hydroxylation sites is 1. The van der Waals surface area contributed by atoms with E-state index in [1.54, 1.807) is 0 Å². The average Bonchev–Trinajstić information content (AvgIpc) is 3.54. The van der Waals surface area contributed by atoms with Gasteiger partial charge in [0.2, 0.25) is 0 Å². The third-order valence-electron chi connectivity index (χ3n) is 7.03. The van der Waals surface area contributed by atoms with Crippen molar-refractivity contribution in [3.63, 3.8) is 0 Å². The van der Waals surface area contributed by atoms with Crippen LogP contribution in [-0.4, -0.2) is 14.3 Å². The largest absolute Gasteiger partial charge is 0.309 e. The maximum absolute atomic E-state index is 5.04. The summed E-state index contributed by atoms with van der Waals surface area (Å²) in [5.41, 5.74) is 10.1. The topological polar surface area (TPSA) is 22.8 Å². The van der Waals surface area contributed by atoms with Gasteiger partial charge in [-0.2, -0.15) is 5.10 Å². The zero-order valence-electron chi connectivity index (χ0n) is 20.5. The Morgan fingerprint density at radius 2 is 1.14 bits per heavy atom. The minimum Gasteiger partial charge on any atom is -0.309 e. The van der Waals surface area contributed by atoms with Gasteiger partial charge >= 0.3 is 0 Å². The Kier molecular flexibility index (Phi) is 5.00. The summed E-state index contributed by atoms with van der Waals surface area (Å²) >= 11 is 0. The molecule has 7 aromatic rings. The van der Waals surface area contributed by atoms with Crippen molar-refractivity contribution in [1.29, 1.82) is 0 Å². The van der Waals surface area contributed by atoms with E-state index in [4.69, 9.17) is 5.10 Å². The van der Waals surface area contributed by atoms with Crippen molar-refractivity contribution in [2.24, 2.45) is 0 Å². The van der Waals surface area contributed by atoms with Gasteiger partial charge in [-0.05, 0) is 55.5 Å². The minimum absolute atomic E-state index is 0.960. The normalized spacial score (nSPS) is 11.4. The summed E-state index contributed by atoms with van der Waals surface area (Å²) in [5.74, 6) is 0. The first-order chi connectivity index (χ1) is 18.3. The van der Waals surface area contributed by atoms with E-state index in [2.05, 4.69) is 137 Å². The molecule has 0 atom stereocenters. The lowest BCUT2D eigenvalue weighted by Gasteiger charge is -2.11. The van der Waals surface area contributed by atoms with Crippen LogP contribution in [0, 0.1) is 6.92 Å². The van der Waals surface area contributed by atoms with Crippen LogP contribution in [0.5, 0.6) is 0 Å². The number of nitrogens with zero attached hydrogens (tertiary/aromatic N) is 3. The Bertz CT molecular complexity index is 1860.